The van der Waals surface area contributed by atoms with Gasteiger partial charge in [-0.3, -0.25) is 10.1 Å². The predicted molar refractivity (Wildman–Crippen MR) is 59.9 cm³/mol. The van der Waals surface area contributed by atoms with Gasteiger partial charge in [-0.25, -0.2) is 26.7 Å². The zero-order valence-electron chi connectivity index (χ0n) is 11.0. The molecule has 1 saturated carbocycles. The third-order valence-corrected chi connectivity index (χ3v) is 3.48. The van der Waals surface area contributed by atoms with Crippen LogP contribution >= 0.6 is 0 Å². The van der Waals surface area contributed by atoms with Crippen LogP contribution in [0.2, 0.25) is 0 Å². The molecule has 22 heavy (non-hydrogen) atoms. The van der Waals surface area contributed by atoms with Gasteiger partial charge in [0.15, 0.2) is 23.3 Å². The standard InChI is InChI=1S/C12H8F5NO4/c1-2-22-11(19)12(18(20)21)3-4(12)5-6(13)8(15)10(17)9(16)7(5)14/h4H,2-3H2,1H3/t4-,12-/m0/s1. The molecule has 1 aromatic rings. The Kier molecular flexibility index (Phi) is 3.80. The molecule has 0 radical (unpaired) electrons. The number of benzene rings is 1. The number of nitrogens with zero attached hydrogens (tertiary/aromatic N) is 1. The second kappa shape index (κ2) is 5.18. The molecular weight excluding hydrogens is 317 g/mol. The summed E-state index contributed by atoms with van der Waals surface area (Å²) < 4.78 is 71.0. The quantitative estimate of drug-likeness (QED) is 0.213. The smallest absolute Gasteiger partial charge is 0.385 e. The Morgan fingerprint density at radius 2 is 1.64 bits per heavy atom. The van der Waals surface area contributed by atoms with Crippen LogP contribution in [-0.4, -0.2) is 23.0 Å². The molecule has 2 rings (SSSR count). The van der Waals surface area contributed by atoms with E-state index in [1.54, 1.807) is 0 Å². The van der Waals surface area contributed by atoms with E-state index >= 15 is 0 Å². The van der Waals surface area contributed by atoms with Gasteiger partial charge in [0.1, 0.15) is 0 Å². The molecule has 0 unspecified atom stereocenters. The van der Waals surface area contributed by atoms with E-state index in [1.807, 2.05) is 0 Å². The SMILES string of the molecule is CCOC(=O)[C@]1([N+](=O)[O-])C[C@H]1c1c(F)c(F)c(F)c(F)c1F. The monoisotopic (exact) mass is 325 g/mol. The van der Waals surface area contributed by atoms with Gasteiger partial charge in [-0.1, -0.05) is 0 Å². The Hall–Kier alpha value is -2.26. The van der Waals surface area contributed by atoms with E-state index in [0.29, 0.717) is 0 Å². The molecule has 0 bridgehead atoms. The van der Waals surface area contributed by atoms with Gasteiger partial charge >= 0.3 is 11.5 Å². The lowest BCUT2D eigenvalue weighted by Crippen LogP contribution is -2.36. The maximum Gasteiger partial charge on any atom is 0.385 e. The summed E-state index contributed by atoms with van der Waals surface area (Å²) >= 11 is 0. The maximum atomic E-state index is 13.7. The zero-order chi connectivity index (χ0) is 16.8. The van der Waals surface area contributed by atoms with Crippen molar-refractivity contribution in [1.29, 1.82) is 0 Å². The first kappa shape index (κ1) is 16.1. The number of carbonyl (C=O) groups excluding carboxylic acids is 1. The summed E-state index contributed by atoms with van der Waals surface area (Å²) in [6.45, 7) is 1.11. The summed E-state index contributed by atoms with van der Waals surface area (Å²) in [5.41, 5.74) is -3.91. The second-order valence-electron chi connectivity index (χ2n) is 4.64. The van der Waals surface area contributed by atoms with Crippen LogP contribution in [0, 0.1) is 39.2 Å². The molecule has 0 amide bonds. The highest BCUT2D eigenvalue weighted by atomic mass is 19.2. The number of carbonyl (C=O) groups is 1. The molecule has 10 heteroatoms. The topological polar surface area (TPSA) is 69.4 Å². The van der Waals surface area contributed by atoms with Crippen LogP contribution in [0.1, 0.15) is 24.8 Å². The number of ether oxygens (including phenoxy) is 1. The van der Waals surface area contributed by atoms with E-state index in [0.717, 1.165) is 0 Å². The van der Waals surface area contributed by atoms with Crippen molar-refractivity contribution in [3.8, 4) is 0 Å². The lowest BCUT2D eigenvalue weighted by molar-refractivity contribution is -0.527. The molecule has 0 spiro atoms. The molecular formula is C12H8F5NO4. The first-order valence-electron chi connectivity index (χ1n) is 6.03. The van der Waals surface area contributed by atoms with Crippen LogP contribution in [0.5, 0.6) is 0 Å². The molecule has 1 fully saturated rings. The van der Waals surface area contributed by atoms with Crippen LogP contribution < -0.4 is 0 Å². The van der Waals surface area contributed by atoms with Crippen molar-refractivity contribution in [2.75, 3.05) is 6.61 Å². The Morgan fingerprint density at radius 3 is 2.05 bits per heavy atom. The van der Waals surface area contributed by atoms with Crippen molar-refractivity contribution >= 4 is 5.97 Å². The normalized spacial score (nSPS) is 23.3. The average Bonchev–Trinajstić information content (AvgIpc) is 3.20. The van der Waals surface area contributed by atoms with Crippen molar-refractivity contribution in [3.05, 3.63) is 44.8 Å². The summed E-state index contributed by atoms with van der Waals surface area (Å²) in [7, 11) is 0. The first-order chi connectivity index (χ1) is 10.2. The minimum Gasteiger partial charge on any atom is -0.461 e. The summed E-state index contributed by atoms with van der Waals surface area (Å²) in [5, 5.41) is 11.0. The number of hydrogen-bond acceptors (Lipinski definition) is 4. The van der Waals surface area contributed by atoms with E-state index < -0.39 is 63.4 Å². The van der Waals surface area contributed by atoms with Crippen LogP contribution in [0.15, 0.2) is 0 Å². The Balaban J connectivity index is 2.56. The fraction of sp³-hybridized carbons (Fsp3) is 0.417. The lowest BCUT2D eigenvalue weighted by Gasteiger charge is -2.11. The summed E-state index contributed by atoms with van der Waals surface area (Å²) in [6, 6.07) is 0. The molecule has 5 nitrogen and oxygen atoms in total. The summed E-state index contributed by atoms with van der Waals surface area (Å²) in [6.07, 6.45) is -0.711. The van der Waals surface area contributed by atoms with Crippen molar-refractivity contribution in [2.45, 2.75) is 24.8 Å². The highest BCUT2D eigenvalue weighted by molar-refractivity contribution is 5.85. The van der Waals surface area contributed by atoms with E-state index in [9.17, 15) is 36.9 Å². The van der Waals surface area contributed by atoms with E-state index in [1.165, 1.54) is 6.92 Å². The fourth-order valence-electron chi connectivity index (χ4n) is 2.28. The van der Waals surface area contributed by atoms with Gasteiger partial charge in [0, 0.05) is 16.9 Å². The van der Waals surface area contributed by atoms with E-state index in [2.05, 4.69) is 4.74 Å². The predicted octanol–water partition coefficient (Wildman–Crippen LogP) is 2.45. The Labute approximate surface area is 119 Å². The average molecular weight is 325 g/mol. The maximum absolute atomic E-state index is 13.7. The second-order valence-corrected chi connectivity index (χ2v) is 4.64. The number of halogens is 5. The van der Waals surface area contributed by atoms with Crippen LogP contribution in [-0.2, 0) is 9.53 Å². The number of rotatable bonds is 4. The third kappa shape index (κ3) is 2.01. The first-order valence-corrected chi connectivity index (χ1v) is 6.03. The Bertz CT molecular complexity index is 651. The van der Waals surface area contributed by atoms with Gasteiger partial charge < -0.3 is 4.74 Å². The molecule has 1 aliphatic carbocycles. The largest absolute Gasteiger partial charge is 0.461 e. The van der Waals surface area contributed by atoms with Crippen LogP contribution in [0.4, 0.5) is 22.0 Å². The fourth-order valence-corrected chi connectivity index (χ4v) is 2.28. The van der Waals surface area contributed by atoms with Crippen molar-refractivity contribution < 1.29 is 36.4 Å². The molecule has 2 atom stereocenters. The van der Waals surface area contributed by atoms with Gasteiger partial charge in [-0.05, 0) is 6.92 Å². The molecule has 0 N–H and O–H groups in total. The molecule has 1 aromatic carbocycles. The molecule has 0 saturated heterocycles. The highest BCUT2D eigenvalue weighted by Crippen LogP contribution is 2.56. The lowest BCUT2D eigenvalue weighted by atomic mass is 10.0. The van der Waals surface area contributed by atoms with Crippen LogP contribution in [0.25, 0.3) is 0 Å². The third-order valence-electron chi connectivity index (χ3n) is 3.48. The number of nitro groups is 1. The molecule has 120 valence electrons. The van der Waals surface area contributed by atoms with Gasteiger partial charge in [-0.15, -0.1) is 0 Å². The minimum absolute atomic E-state index is 0.238. The molecule has 0 aliphatic heterocycles. The highest BCUT2D eigenvalue weighted by Gasteiger charge is 2.75. The zero-order valence-corrected chi connectivity index (χ0v) is 11.0. The van der Waals surface area contributed by atoms with E-state index in [4.69, 9.17) is 0 Å². The molecule has 0 heterocycles. The summed E-state index contributed by atoms with van der Waals surface area (Å²) in [4.78, 5) is 21.6. The van der Waals surface area contributed by atoms with Crippen molar-refractivity contribution in [1.82, 2.24) is 0 Å². The van der Waals surface area contributed by atoms with E-state index in [-0.39, 0.29) is 6.61 Å². The number of hydrogen-bond donors (Lipinski definition) is 0. The van der Waals surface area contributed by atoms with Crippen LogP contribution in [0.3, 0.4) is 0 Å². The van der Waals surface area contributed by atoms with Gasteiger partial charge in [0.2, 0.25) is 5.82 Å². The summed E-state index contributed by atoms with van der Waals surface area (Å²) in [5.74, 6) is -14.4. The van der Waals surface area contributed by atoms with Gasteiger partial charge in [0.25, 0.3) is 0 Å². The van der Waals surface area contributed by atoms with Crippen molar-refractivity contribution in [3.63, 3.8) is 0 Å². The van der Waals surface area contributed by atoms with Gasteiger partial charge in [-0.2, -0.15) is 0 Å². The number of esters is 1. The molecule has 1 aliphatic rings. The molecule has 0 aromatic heterocycles. The van der Waals surface area contributed by atoms with Crippen molar-refractivity contribution in [2.24, 2.45) is 0 Å². The van der Waals surface area contributed by atoms with Gasteiger partial charge in [0.05, 0.1) is 12.5 Å². The Morgan fingerprint density at radius 1 is 1.18 bits per heavy atom. The minimum atomic E-state index is -2.53.